The SMILES string of the molecule is CSC(C)CNC(=O)c1cc(Br)cnc1NN. The Bertz CT molecular complexity index is 402. The smallest absolute Gasteiger partial charge is 0.255 e. The van der Waals surface area contributed by atoms with E-state index in [-0.39, 0.29) is 5.91 Å². The van der Waals surface area contributed by atoms with Crippen molar-refractivity contribution in [1.29, 1.82) is 0 Å². The van der Waals surface area contributed by atoms with Crippen molar-refractivity contribution in [3.63, 3.8) is 0 Å². The molecule has 0 aliphatic heterocycles. The second kappa shape index (κ2) is 6.83. The molecule has 1 amide bonds. The van der Waals surface area contributed by atoms with Crippen molar-refractivity contribution in [2.75, 3.05) is 18.2 Å². The van der Waals surface area contributed by atoms with Gasteiger partial charge in [-0.15, -0.1) is 0 Å². The zero-order valence-corrected chi connectivity index (χ0v) is 12.1. The van der Waals surface area contributed by atoms with Gasteiger partial charge in [0.1, 0.15) is 0 Å². The maximum absolute atomic E-state index is 11.9. The lowest BCUT2D eigenvalue weighted by Crippen LogP contribution is -2.30. The minimum Gasteiger partial charge on any atom is -0.351 e. The molecule has 94 valence electrons. The summed E-state index contributed by atoms with van der Waals surface area (Å²) < 4.78 is 0.736. The highest BCUT2D eigenvalue weighted by atomic mass is 79.9. The minimum atomic E-state index is -0.187. The van der Waals surface area contributed by atoms with Crippen LogP contribution in [-0.2, 0) is 0 Å². The Labute approximate surface area is 113 Å². The number of nitrogens with two attached hydrogens (primary N) is 1. The second-order valence-corrected chi connectivity index (χ2v) is 5.64. The first-order valence-corrected chi connectivity index (χ1v) is 7.09. The number of halogens is 1. The number of carbonyl (C=O) groups is 1. The number of nitrogen functional groups attached to an aromatic ring is 1. The zero-order valence-electron chi connectivity index (χ0n) is 9.66. The van der Waals surface area contributed by atoms with Gasteiger partial charge in [-0.1, -0.05) is 6.92 Å². The van der Waals surface area contributed by atoms with Crippen LogP contribution in [0.4, 0.5) is 5.82 Å². The number of thioether (sulfide) groups is 1. The van der Waals surface area contributed by atoms with E-state index < -0.39 is 0 Å². The number of amides is 1. The molecule has 7 heteroatoms. The van der Waals surface area contributed by atoms with E-state index in [0.717, 1.165) is 4.47 Å². The topological polar surface area (TPSA) is 80.0 Å². The monoisotopic (exact) mass is 318 g/mol. The average molecular weight is 319 g/mol. The number of pyridine rings is 1. The third-order valence-electron chi connectivity index (χ3n) is 2.19. The third kappa shape index (κ3) is 4.18. The number of nitrogens with zero attached hydrogens (tertiary/aromatic N) is 1. The van der Waals surface area contributed by atoms with Crippen LogP contribution in [-0.4, -0.2) is 28.9 Å². The van der Waals surface area contributed by atoms with Crippen LogP contribution >= 0.6 is 27.7 Å². The van der Waals surface area contributed by atoms with Crippen LogP contribution in [0.15, 0.2) is 16.7 Å². The first-order valence-electron chi connectivity index (χ1n) is 5.01. The molecule has 0 aromatic carbocycles. The molecule has 4 N–H and O–H groups in total. The molecule has 0 aliphatic carbocycles. The molecule has 0 spiro atoms. The van der Waals surface area contributed by atoms with Gasteiger partial charge in [-0.25, -0.2) is 10.8 Å². The van der Waals surface area contributed by atoms with E-state index in [2.05, 4.69) is 31.7 Å². The van der Waals surface area contributed by atoms with Crippen molar-refractivity contribution in [2.45, 2.75) is 12.2 Å². The van der Waals surface area contributed by atoms with Crippen LogP contribution in [0.3, 0.4) is 0 Å². The molecule has 0 aliphatic rings. The predicted molar refractivity (Wildman–Crippen MR) is 75.1 cm³/mol. The Balaban J connectivity index is 2.77. The summed E-state index contributed by atoms with van der Waals surface area (Å²) in [7, 11) is 0. The number of nitrogens with one attached hydrogen (secondary N) is 2. The molecule has 5 nitrogen and oxygen atoms in total. The van der Waals surface area contributed by atoms with Crippen molar-refractivity contribution in [2.24, 2.45) is 5.84 Å². The highest BCUT2D eigenvalue weighted by molar-refractivity contribution is 9.10. The van der Waals surface area contributed by atoms with Gasteiger partial charge in [0.05, 0.1) is 5.56 Å². The fourth-order valence-electron chi connectivity index (χ4n) is 1.14. The summed E-state index contributed by atoms with van der Waals surface area (Å²) in [5.74, 6) is 5.48. The number of rotatable bonds is 5. The summed E-state index contributed by atoms with van der Waals surface area (Å²) in [4.78, 5) is 15.9. The van der Waals surface area contributed by atoms with E-state index in [1.165, 1.54) is 0 Å². The average Bonchev–Trinajstić information content (AvgIpc) is 2.35. The Hall–Kier alpha value is -0.790. The Morgan fingerprint density at radius 3 is 3.00 bits per heavy atom. The van der Waals surface area contributed by atoms with Crippen LogP contribution in [0.2, 0.25) is 0 Å². The molecule has 17 heavy (non-hydrogen) atoms. The Morgan fingerprint density at radius 1 is 1.71 bits per heavy atom. The number of hydrogen-bond acceptors (Lipinski definition) is 5. The molecule has 0 saturated carbocycles. The van der Waals surface area contributed by atoms with Gasteiger partial charge in [-0.3, -0.25) is 4.79 Å². The highest BCUT2D eigenvalue weighted by Gasteiger charge is 2.13. The zero-order chi connectivity index (χ0) is 12.8. The third-order valence-corrected chi connectivity index (χ3v) is 3.59. The summed E-state index contributed by atoms with van der Waals surface area (Å²) in [6.07, 6.45) is 3.58. The molecule has 1 heterocycles. The normalized spacial score (nSPS) is 12.0. The predicted octanol–water partition coefficient (Wildman–Crippen LogP) is 1.61. The summed E-state index contributed by atoms with van der Waals surface area (Å²) in [6.45, 7) is 2.66. The minimum absolute atomic E-state index is 0.187. The van der Waals surface area contributed by atoms with Gasteiger partial charge < -0.3 is 10.7 Å². The molecule has 0 bridgehead atoms. The standard InChI is InChI=1S/C10H15BrN4OS/c1-6(17-2)4-14-10(16)8-3-7(11)5-13-9(8)15-12/h3,5-6H,4,12H2,1-2H3,(H,13,15)(H,14,16). The van der Waals surface area contributed by atoms with Crippen LogP contribution in [0.5, 0.6) is 0 Å². The number of aromatic nitrogens is 1. The number of carbonyl (C=O) groups excluding carboxylic acids is 1. The summed E-state index contributed by atoms with van der Waals surface area (Å²) in [6, 6.07) is 1.68. The maximum Gasteiger partial charge on any atom is 0.255 e. The maximum atomic E-state index is 11.9. The summed E-state index contributed by atoms with van der Waals surface area (Å²) in [5.41, 5.74) is 2.83. The van der Waals surface area contributed by atoms with Gasteiger partial charge in [-0.05, 0) is 28.3 Å². The van der Waals surface area contributed by atoms with E-state index in [4.69, 9.17) is 5.84 Å². The quantitative estimate of drug-likeness (QED) is 0.567. The van der Waals surface area contributed by atoms with Gasteiger partial charge in [0.15, 0.2) is 5.82 Å². The molecule has 1 aromatic heterocycles. The molecule has 1 unspecified atom stereocenters. The second-order valence-electron chi connectivity index (χ2n) is 3.45. The van der Waals surface area contributed by atoms with E-state index in [1.54, 1.807) is 24.0 Å². The van der Waals surface area contributed by atoms with Crippen molar-refractivity contribution >= 4 is 39.4 Å². The number of hydrogen-bond donors (Lipinski definition) is 3. The van der Waals surface area contributed by atoms with Gasteiger partial charge in [0.2, 0.25) is 0 Å². The van der Waals surface area contributed by atoms with E-state index in [1.807, 2.05) is 13.2 Å². The number of anilines is 1. The highest BCUT2D eigenvalue weighted by Crippen LogP contribution is 2.17. The van der Waals surface area contributed by atoms with Crippen molar-refractivity contribution in [3.05, 3.63) is 22.3 Å². The van der Waals surface area contributed by atoms with Crippen LogP contribution < -0.4 is 16.6 Å². The summed E-state index contributed by atoms with van der Waals surface area (Å²) in [5, 5.41) is 3.20. The van der Waals surface area contributed by atoms with Gasteiger partial charge in [-0.2, -0.15) is 11.8 Å². The molecule has 0 fully saturated rings. The molecule has 0 radical (unpaired) electrons. The first-order chi connectivity index (χ1) is 8.08. The molecule has 1 aromatic rings. The van der Waals surface area contributed by atoms with E-state index in [9.17, 15) is 4.79 Å². The van der Waals surface area contributed by atoms with Crippen molar-refractivity contribution in [3.8, 4) is 0 Å². The Kier molecular flexibility index (Phi) is 5.73. The van der Waals surface area contributed by atoms with Crippen LogP contribution in [0.25, 0.3) is 0 Å². The Morgan fingerprint density at radius 2 is 2.41 bits per heavy atom. The molecule has 1 rings (SSSR count). The van der Waals surface area contributed by atoms with Gasteiger partial charge in [0, 0.05) is 22.5 Å². The lowest BCUT2D eigenvalue weighted by Gasteiger charge is -2.12. The van der Waals surface area contributed by atoms with Crippen LogP contribution in [0.1, 0.15) is 17.3 Å². The first kappa shape index (κ1) is 14.3. The van der Waals surface area contributed by atoms with E-state index >= 15 is 0 Å². The van der Waals surface area contributed by atoms with Crippen molar-refractivity contribution in [1.82, 2.24) is 10.3 Å². The van der Waals surface area contributed by atoms with Crippen molar-refractivity contribution < 1.29 is 4.79 Å². The molecular formula is C10H15BrN4OS. The lowest BCUT2D eigenvalue weighted by atomic mass is 10.2. The van der Waals surface area contributed by atoms with Gasteiger partial charge in [0.25, 0.3) is 5.91 Å². The van der Waals surface area contributed by atoms with Gasteiger partial charge >= 0.3 is 0 Å². The fraction of sp³-hybridized carbons (Fsp3) is 0.400. The largest absolute Gasteiger partial charge is 0.351 e. The molecular weight excluding hydrogens is 304 g/mol. The fourth-order valence-corrected chi connectivity index (χ4v) is 1.72. The van der Waals surface area contributed by atoms with E-state index in [0.29, 0.717) is 23.2 Å². The number of hydrazine groups is 1. The lowest BCUT2D eigenvalue weighted by molar-refractivity contribution is 0.0954. The molecule has 1 atom stereocenters. The summed E-state index contributed by atoms with van der Waals surface area (Å²) >= 11 is 4.97. The van der Waals surface area contributed by atoms with Crippen LogP contribution in [0, 0.1) is 0 Å². The molecule has 0 saturated heterocycles.